The van der Waals surface area contributed by atoms with Gasteiger partial charge in [-0.1, -0.05) is 23.7 Å². The Kier molecular flexibility index (Phi) is 6.16. The monoisotopic (exact) mass is 497 g/mol. The van der Waals surface area contributed by atoms with E-state index in [1.165, 1.54) is 0 Å². The van der Waals surface area contributed by atoms with E-state index in [0.717, 1.165) is 28.1 Å². The van der Waals surface area contributed by atoms with Crippen molar-refractivity contribution in [3.63, 3.8) is 0 Å². The molecule has 34 heavy (non-hydrogen) atoms. The smallest absolute Gasteiger partial charge is 0.240 e. The van der Waals surface area contributed by atoms with Crippen molar-refractivity contribution < 1.29 is 13.2 Å². The summed E-state index contributed by atoms with van der Waals surface area (Å²) < 4.78 is 33.5. The molecule has 0 radical (unpaired) electrons. The van der Waals surface area contributed by atoms with E-state index in [0.29, 0.717) is 36.7 Å². The fourth-order valence-corrected chi connectivity index (χ4v) is 5.65. The lowest BCUT2D eigenvalue weighted by Gasteiger charge is -2.33. The molecule has 2 aromatic heterocycles. The van der Waals surface area contributed by atoms with E-state index in [4.69, 9.17) is 16.3 Å². The highest BCUT2D eigenvalue weighted by Crippen LogP contribution is 2.31. The van der Waals surface area contributed by atoms with Crippen LogP contribution in [0, 0.1) is 0 Å². The third-order valence-corrected chi connectivity index (χ3v) is 7.83. The van der Waals surface area contributed by atoms with Crippen molar-refractivity contribution in [2.24, 2.45) is 0 Å². The Hall–Kier alpha value is -3.14. The van der Waals surface area contributed by atoms with Gasteiger partial charge >= 0.3 is 0 Å². The minimum absolute atomic E-state index is 0.142. The van der Waals surface area contributed by atoms with Gasteiger partial charge in [-0.15, -0.1) is 0 Å². The first kappa shape index (κ1) is 22.6. The number of rotatable bonds is 6. The minimum Gasteiger partial charge on any atom is -0.497 e. The van der Waals surface area contributed by atoms with Gasteiger partial charge in [0.25, 0.3) is 0 Å². The lowest BCUT2D eigenvalue weighted by atomic mass is 10.1. The molecule has 5 rings (SSSR count). The molecule has 1 aliphatic heterocycles. The van der Waals surface area contributed by atoms with Crippen LogP contribution in [0.2, 0.25) is 5.02 Å². The third kappa shape index (κ3) is 4.59. The van der Waals surface area contributed by atoms with Crippen molar-refractivity contribution in [1.29, 1.82) is 0 Å². The third-order valence-electron chi connectivity index (χ3n) is 6.05. The van der Waals surface area contributed by atoms with Crippen LogP contribution >= 0.6 is 11.6 Å². The molecule has 1 aliphatic rings. The zero-order valence-corrected chi connectivity index (χ0v) is 20.1. The Balaban J connectivity index is 1.29. The highest BCUT2D eigenvalue weighted by Gasteiger charge is 2.26. The van der Waals surface area contributed by atoms with Gasteiger partial charge in [-0.2, -0.15) is 0 Å². The summed E-state index contributed by atoms with van der Waals surface area (Å²) >= 11 is 6.02. The molecule has 176 valence electrons. The number of nitrogens with one attached hydrogen (secondary N) is 2. The average Bonchev–Trinajstić information content (AvgIpc) is 3.29. The summed E-state index contributed by atoms with van der Waals surface area (Å²) in [6.07, 6.45) is 2.91. The molecule has 0 spiro atoms. The largest absolute Gasteiger partial charge is 0.497 e. The molecule has 0 aliphatic carbocycles. The predicted molar refractivity (Wildman–Crippen MR) is 133 cm³/mol. The first-order valence-corrected chi connectivity index (χ1v) is 12.8. The maximum absolute atomic E-state index is 12.8. The average molecular weight is 498 g/mol. The lowest BCUT2D eigenvalue weighted by Crippen LogP contribution is -2.44. The van der Waals surface area contributed by atoms with E-state index in [1.54, 1.807) is 37.7 Å². The summed E-state index contributed by atoms with van der Waals surface area (Å²) in [5.74, 6) is 1.46. The fraction of sp³-hybridized carbons (Fsp3) is 0.250. The molecule has 0 atom stereocenters. The molecule has 2 aromatic carbocycles. The van der Waals surface area contributed by atoms with Crippen molar-refractivity contribution in [1.82, 2.24) is 19.7 Å². The first-order chi connectivity index (χ1) is 16.4. The fourth-order valence-electron chi connectivity index (χ4n) is 4.22. The molecule has 1 saturated heterocycles. The van der Waals surface area contributed by atoms with Gasteiger partial charge < -0.3 is 14.6 Å². The quantitative estimate of drug-likeness (QED) is 0.413. The van der Waals surface area contributed by atoms with Crippen molar-refractivity contribution in [3.05, 3.63) is 65.9 Å². The Bertz CT molecular complexity index is 1400. The number of aromatic amines is 1. The highest BCUT2D eigenvalue weighted by atomic mass is 35.5. The minimum atomic E-state index is -3.60. The van der Waals surface area contributed by atoms with Gasteiger partial charge in [0.2, 0.25) is 10.0 Å². The molecule has 10 heteroatoms. The molecule has 0 bridgehead atoms. The number of ether oxygens (including phenoxy) is 1. The Morgan fingerprint density at radius 2 is 1.76 bits per heavy atom. The zero-order valence-electron chi connectivity index (χ0n) is 18.5. The van der Waals surface area contributed by atoms with Crippen molar-refractivity contribution in [2.75, 3.05) is 25.1 Å². The number of piperidine rings is 1. The van der Waals surface area contributed by atoms with Gasteiger partial charge in [0.05, 0.1) is 17.4 Å². The number of aromatic nitrogens is 3. The Labute approximate surface area is 203 Å². The number of sulfonamides is 1. The van der Waals surface area contributed by atoms with E-state index in [9.17, 15) is 8.42 Å². The van der Waals surface area contributed by atoms with Crippen LogP contribution in [0.5, 0.6) is 5.75 Å². The van der Waals surface area contributed by atoms with Crippen LogP contribution in [0.15, 0.2) is 65.8 Å². The van der Waals surface area contributed by atoms with Gasteiger partial charge in [0, 0.05) is 29.8 Å². The number of anilines is 1. The molecule has 2 N–H and O–H groups in total. The normalized spacial score (nSPS) is 15.1. The molecular weight excluding hydrogens is 474 g/mol. The second kappa shape index (κ2) is 9.25. The van der Waals surface area contributed by atoms with Crippen LogP contribution in [-0.4, -0.2) is 49.6 Å². The number of halogens is 1. The summed E-state index contributed by atoms with van der Waals surface area (Å²) in [5, 5.41) is 1.62. The maximum Gasteiger partial charge on any atom is 0.240 e. The number of hydrogen-bond acceptors (Lipinski definition) is 6. The van der Waals surface area contributed by atoms with Crippen molar-refractivity contribution >= 4 is 38.5 Å². The highest BCUT2D eigenvalue weighted by molar-refractivity contribution is 7.89. The molecule has 1 fully saturated rings. The molecular formula is C24H24ClN5O3S. The topological polar surface area (TPSA) is 100 Å². The SMILES string of the molecule is COc1ccc(S(=O)(=O)NC2CCN(c3ncnc4[nH]c(-c5ccc(Cl)cc5)cc34)CC2)cc1. The van der Waals surface area contributed by atoms with Gasteiger partial charge in [-0.05, 0) is 60.9 Å². The second-order valence-electron chi connectivity index (χ2n) is 8.21. The standard InChI is InChI=1S/C24H24ClN5O3S/c1-33-19-6-8-20(9-7-19)34(31,32)29-18-10-12-30(13-11-18)24-21-14-22(28-23(21)26-15-27-24)16-2-4-17(25)5-3-16/h2-9,14-15,18,29H,10-13H2,1H3,(H,26,27,28). The summed E-state index contributed by atoms with van der Waals surface area (Å²) in [7, 11) is -2.05. The maximum atomic E-state index is 12.8. The van der Waals surface area contributed by atoms with Crippen molar-refractivity contribution in [3.8, 4) is 17.0 Å². The number of fused-ring (bicyclic) bond motifs is 1. The number of benzene rings is 2. The first-order valence-electron chi connectivity index (χ1n) is 10.9. The van der Waals surface area contributed by atoms with Crippen LogP contribution in [0.3, 0.4) is 0 Å². The zero-order chi connectivity index (χ0) is 23.7. The number of H-pyrrole nitrogens is 1. The number of methoxy groups -OCH3 is 1. The second-order valence-corrected chi connectivity index (χ2v) is 10.4. The van der Waals surface area contributed by atoms with Gasteiger partial charge in [0.15, 0.2) is 0 Å². The van der Waals surface area contributed by atoms with E-state index in [2.05, 4.69) is 24.6 Å². The van der Waals surface area contributed by atoms with Gasteiger partial charge in [-0.3, -0.25) is 0 Å². The molecule has 4 aromatic rings. The van der Waals surface area contributed by atoms with Crippen molar-refractivity contribution in [2.45, 2.75) is 23.8 Å². The number of nitrogens with zero attached hydrogens (tertiary/aromatic N) is 3. The summed E-state index contributed by atoms with van der Waals surface area (Å²) in [6, 6.07) is 15.9. The summed E-state index contributed by atoms with van der Waals surface area (Å²) in [6.45, 7) is 1.37. The van der Waals surface area contributed by atoms with Gasteiger partial charge in [0.1, 0.15) is 23.5 Å². The van der Waals surface area contributed by atoms with E-state index in [1.807, 2.05) is 30.3 Å². The molecule has 8 nitrogen and oxygen atoms in total. The van der Waals surface area contributed by atoms with Crippen LogP contribution < -0.4 is 14.4 Å². The molecule has 0 saturated carbocycles. The van der Waals surface area contributed by atoms with Crippen LogP contribution in [0.4, 0.5) is 5.82 Å². The number of hydrogen-bond donors (Lipinski definition) is 2. The van der Waals surface area contributed by atoms with Crippen LogP contribution in [-0.2, 0) is 10.0 Å². The Morgan fingerprint density at radius 1 is 1.06 bits per heavy atom. The molecule has 0 amide bonds. The van der Waals surface area contributed by atoms with E-state index < -0.39 is 10.0 Å². The lowest BCUT2D eigenvalue weighted by molar-refractivity contribution is 0.414. The Morgan fingerprint density at radius 3 is 2.44 bits per heavy atom. The van der Waals surface area contributed by atoms with Crippen LogP contribution in [0.1, 0.15) is 12.8 Å². The molecule has 0 unspecified atom stereocenters. The predicted octanol–water partition coefficient (Wildman–Crippen LogP) is 4.23. The van der Waals surface area contributed by atoms with Gasteiger partial charge in [-0.25, -0.2) is 23.1 Å². The summed E-state index contributed by atoms with van der Waals surface area (Å²) in [4.78, 5) is 14.7. The molecule has 3 heterocycles. The van der Waals surface area contributed by atoms with Crippen LogP contribution in [0.25, 0.3) is 22.3 Å². The van der Waals surface area contributed by atoms with E-state index in [-0.39, 0.29) is 10.9 Å². The van der Waals surface area contributed by atoms with E-state index >= 15 is 0 Å². The summed E-state index contributed by atoms with van der Waals surface area (Å²) in [5.41, 5.74) is 2.72.